The number of nitrogens with zero attached hydrogens (tertiary/aromatic N) is 4. The molecule has 6 N–H and O–H groups in total. The van der Waals surface area contributed by atoms with Crippen molar-refractivity contribution >= 4 is 46.4 Å². The van der Waals surface area contributed by atoms with Crippen molar-refractivity contribution in [2.45, 2.75) is 272 Å². The predicted octanol–water partition coefficient (Wildman–Crippen LogP) is 20.3. The number of aliphatic carboxylic acids is 1. The maximum atomic E-state index is 12.9. The summed E-state index contributed by atoms with van der Waals surface area (Å²) in [6.07, 6.45) is 44.9. The summed E-state index contributed by atoms with van der Waals surface area (Å²) < 4.78 is 10.7. The van der Waals surface area contributed by atoms with Gasteiger partial charge in [0, 0.05) is 78.5 Å². The van der Waals surface area contributed by atoms with E-state index in [9.17, 15) is 19.2 Å². The Morgan fingerprint density at radius 1 is 0.419 bits per heavy atom. The molecule has 0 heterocycles. The summed E-state index contributed by atoms with van der Waals surface area (Å²) in [7, 11) is 0. The zero-order chi connectivity index (χ0) is 66.0. The maximum absolute atomic E-state index is 12.9. The molecule has 0 saturated heterocycles. The van der Waals surface area contributed by atoms with Crippen LogP contribution >= 0.6 is 0 Å². The molecule has 514 valence electrons. The Bertz CT molecular complexity index is 2460. The fourth-order valence-corrected chi connectivity index (χ4v) is 10.1. The van der Waals surface area contributed by atoms with Gasteiger partial charge in [0.15, 0.2) is 13.2 Å². The van der Waals surface area contributed by atoms with E-state index in [1.807, 2.05) is 32.9 Å². The molecule has 0 aliphatic heterocycles. The van der Waals surface area contributed by atoms with Gasteiger partial charge in [0.25, 0.3) is 5.91 Å². The fraction of sp³-hybridized carbons (Fsp3) is 0.632. The maximum Gasteiger partial charge on any atom is 0.341 e. The van der Waals surface area contributed by atoms with Gasteiger partial charge in [-0.05, 0) is 84.6 Å². The molecule has 4 aromatic carbocycles. The molecule has 0 aromatic heterocycles. The second-order valence-corrected chi connectivity index (χ2v) is 24.4. The summed E-state index contributed by atoms with van der Waals surface area (Å²) in [4.78, 5) is 47.8. The van der Waals surface area contributed by atoms with Crippen molar-refractivity contribution in [2.24, 2.45) is 38.0 Å². The Hall–Kier alpha value is -4.27. The number of benzene rings is 4. The van der Waals surface area contributed by atoms with Crippen LogP contribution in [0.1, 0.15) is 260 Å². The molecular formula is C76H120N8O7Y2-2. The third kappa shape index (κ3) is 49.8. The quantitative estimate of drug-likeness (QED) is 0.0162. The van der Waals surface area contributed by atoms with E-state index in [-0.39, 0.29) is 114 Å². The number of unbranched alkanes of at least 4 members (excludes halogenated alkanes) is 30. The Morgan fingerprint density at radius 2 is 0.710 bits per heavy atom. The average Bonchev–Trinajstić information content (AvgIpc) is 2.36. The van der Waals surface area contributed by atoms with Gasteiger partial charge in [-0.3, -0.25) is 14.4 Å². The van der Waals surface area contributed by atoms with Crippen molar-refractivity contribution in [2.75, 3.05) is 26.3 Å². The molecule has 4 rings (SSSR count). The van der Waals surface area contributed by atoms with Crippen LogP contribution in [0.2, 0.25) is 0 Å². The van der Waals surface area contributed by atoms with E-state index < -0.39 is 12.0 Å². The van der Waals surface area contributed by atoms with Crippen LogP contribution in [-0.4, -0.2) is 67.2 Å². The van der Waals surface area contributed by atoms with E-state index in [0.717, 1.165) is 50.0 Å². The van der Waals surface area contributed by atoms with Crippen LogP contribution in [-0.2, 0) is 84.6 Å². The number of carboxylic acid groups (broad SMARTS) is 1. The molecule has 4 aromatic rings. The topological polar surface area (TPSA) is 219 Å². The molecule has 3 amide bonds. The van der Waals surface area contributed by atoms with Gasteiger partial charge in [-0.25, -0.2) is 4.79 Å². The molecular weight excluding hydrogens is 1310 g/mol. The molecule has 15 nitrogen and oxygen atoms in total. The predicted molar refractivity (Wildman–Crippen MR) is 374 cm³/mol. The number of nitrogens with one attached hydrogen (secondary N) is 3. The van der Waals surface area contributed by atoms with Crippen molar-refractivity contribution in [3.05, 3.63) is 109 Å². The number of ether oxygens (including phenoxy) is 2. The summed E-state index contributed by atoms with van der Waals surface area (Å²) in [5.74, 6) is -0.119. The first-order valence-electron chi connectivity index (χ1n) is 35.4. The molecule has 0 saturated carbocycles. The SMILES string of the molecule is CCCCCCCCCCCCCCCCCCNC(=O)C(N)C(C)CC.CCCCCCCCCCCCCCCCCCNC(=O)C(NC(=O)COc1ccc(N=Nc2cc[c-]cc2)cc1)C(C)CC.O=C(O)COc1ccc(N=Nc2cc[c-]cc2)cc1.[Y].[Y]. The molecule has 4 atom stereocenters. The number of hydrogen-bond donors (Lipinski definition) is 5. The van der Waals surface area contributed by atoms with Crippen LogP contribution in [0, 0.1) is 24.0 Å². The van der Waals surface area contributed by atoms with Crippen molar-refractivity contribution in [1.82, 2.24) is 16.0 Å². The fourth-order valence-electron chi connectivity index (χ4n) is 10.1. The van der Waals surface area contributed by atoms with Crippen LogP contribution in [0.15, 0.2) is 118 Å². The van der Waals surface area contributed by atoms with E-state index in [1.165, 1.54) is 186 Å². The molecule has 2 radical (unpaired) electrons. The monoisotopic (exact) mass is 1430 g/mol. The number of hydrogen-bond acceptors (Lipinski definition) is 11. The van der Waals surface area contributed by atoms with Crippen LogP contribution < -0.4 is 31.2 Å². The van der Waals surface area contributed by atoms with Gasteiger partial charge >= 0.3 is 5.97 Å². The molecule has 0 fully saturated rings. The molecule has 0 aliphatic carbocycles. The summed E-state index contributed by atoms with van der Waals surface area (Å²) in [5, 5.41) is 33.9. The minimum Gasteiger partial charge on any atom is -0.484 e. The zero-order valence-electron chi connectivity index (χ0n) is 58.3. The van der Waals surface area contributed by atoms with Crippen LogP contribution in [0.5, 0.6) is 11.5 Å². The van der Waals surface area contributed by atoms with E-state index in [4.69, 9.17) is 20.3 Å². The number of amides is 3. The van der Waals surface area contributed by atoms with Crippen molar-refractivity contribution < 1.29 is 99.2 Å². The Labute approximate surface area is 613 Å². The normalized spacial score (nSPS) is 12.2. The third-order valence-electron chi connectivity index (χ3n) is 16.4. The van der Waals surface area contributed by atoms with Gasteiger partial charge in [-0.15, -0.1) is 24.3 Å². The van der Waals surface area contributed by atoms with Gasteiger partial charge < -0.3 is 36.3 Å². The second kappa shape index (κ2) is 62.5. The van der Waals surface area contributed by atoms with Gasteiger partial charge in [-0.1, -0.05) is 247 Å². The summed E-state index contributed by atoms with van der Waals surface area (Å²) in [6.45, 7) is 13.6. The standard InChI is InChI=1S/C38H59N4O3.C24H50N2O.C14H11N2O3.2Y/c1-4-6-7-8-9-10-11-12-13-14-15-16-17-18-19-23-30-39-38(44)37(32(3)5-2)40-36(43)31-45-35-28-26-34(27-29-35)42-41-33-24-21-20-22-25-33;1-4-6-7-8-9-10-11-12-13-14-15-16-17-18-19-20-21-26-24(27)23(25)22(3)5-2;17-14(18)10-19-13-8-6-12(7-9-13)16-15-11-4-2-1-3-5-11;;/h21-22,24-29,32,37H,4-19,23,30-31H2,1-3H3,(H,39,44)(H,40,43);22-23H,4-21,25H2,1-3H3,(H,26,27);2-9H,10H2,(H,17,18);;/q-1;;-1;;. The van der Waals surface area contributed by atoms with E-state index in [1.54, 1.807) is 84.9 Å². The Kier molecular flexibility index (Phi) is 59.7. The minimum atomic E-state index is -1.01. The first-order valence-corrected chi connectivity index (χ1v) is 35.4. The number of rotatable bonds is 51. The number of carbonyl (C=O) groups excluding carboxylic acids is 3. The zero-order valence-corrected chi connectivity index (χ0v) is 64.0. The molecule has 17 heteroatoms. The first-order chi connectivity index (χ1) is 44.4. The molecule has 0 aliphatic rings. The van der Waals surface area contributed by atoms with Crippen LogP contribution in [0.25, 0.3) is 0 Å². The Morgan fingerprint density at radius 3 is 1.02 bits per heavy atom. The second-order valence-electron chi connectivity index (χ2n) is 24.4. The van der Waals surface area contributed by atoms with Crippen molar-refractivity contribution in [1.29, 1.82) is 0 Å². The number of azo groups is 2. The minimum absolute atomic E-state index is 0. The number of nitrogens with two attached hydrogens (primary N) is 1. The molecule has 93 heavy (non-hydrogen) atoms. The van der Waals surface area contributed by atoms with E-state index in [0.29, 0.717) is 29.4 Å². The summed E-state index contributed by atoms with van der Waals surface area (Å²) in [5.41, 5.74) is 8.76. The van der Waals surface area contributed by atoms with Crippen LogP contribution in [0.4, 0.5) is 22.7 Å². The van der Waals surface area contributed by atoms with Gasteiger partial charge in [-0.2, -0.15) is 56.9 Å². The largest absolute Gasteiger partial charge is 0.484 e. The van der Waals surface area contributed by atoms with Crippen molar-refractivity contribution in [3.63, 3.8) is 0 Å². The van der Waals surface area contributed by atoms with E-state index in [2.05, 4.69) is 69.3 Å². The third-order valence-corrected chi connectivity index (χ3v) is 16.4. The first kappa shape index (κ1) is 88.7. The van der Waals surface area contributed by atoms with Gasteiger partial charge in [0.05, 0.1) is 17.4 Å². The van der Waals surface area contributed by atoms with Crippen LogP contribution in [0.3, 0.4) is 0 Å². The Balaban J connectivity index is 0.00000149. The number of carboxylic acids is 1. The van der Waals surface area contributed by atoms with Gasteiger partial charge in [0.1, 0.15) is 17.5 Å². The average molecular weight is 1440 g/mol. The summed E-state index contributed by atoms with van der Waals surface area (Å²) >= 11 is 0. The smallest absolute Gasteiger partial charge is 0.341 e. The molecule has 0 bridgehead atoms. The molecule has 0 spiro atoms. The number of carbonyl (C=O) groups is 4. The van der Waals surface area contributed by atoms with E-state index >= 15 is 0 Å². The molecule has 4 unspecified atom stereocenters. The van der Waals surface area contributed by atoms with Crippen molar-refractivity contribution in [3.8, 4) is 11.5 Å². The van der Waals surface area contributed by atoms with Gasteiger partial charge in [0.2, 0.25) is 11.8 Å². The summed E-state index contributed by atoms with van der Waals surface area (Å²) in [6, 6.07) is 33.0.